The van der Waals surface area contributed by atoms with Crippen LogP contribution in [0.5, 0.6) is 5.75 Å². The van der Waals surface area contributed by atoms with Crippen LogP contribution in [0.2, 0.25) is 0 Å². The largest absolute Gasteiger partial charge is 0.508 e. The minimum Gasteiger partial charge on any atom is -0.508 e. The van der Waals surface area contributed by atoms with Gasteiger partial charge in [-0.2, -0.15) is 0 Å². The molecule has 0 radical (unpaired) electrons. The third-order valence-corrected chi connectivity index (χ3v) is 4.63. The second kappa shape index (κ2) is 7.52. The Kier molecular flexibility index (Phi) is 5.70. The van der Waals surface area contributed by atoms with E-state index in [1.165, 1.54) is 0 Å². The van der Waals surface area contributed by atoms with Crippen LogP contribution in [0.25, 0.3) is 0 Å². The van der Waals surface area contributed by atoms with Crippen molar-refractivity contribution in [2.75, 3.05) is 12.0 Å². The van der Waals surface area contributed by atoms with Gasteiger partial charge in [0.05, 0.1) is 0 Å². The Balaban J connectivity index is 2.26. The maximum absolute atomic E-state index is 12.5. The summed E-state index contributed by atoms with van der Waals surface area (Å²) in [5.74, 6) is 0.973. The van der Waals surface area contributed by atoms with Gasteiger partial charge >= 0.3 is 0 Å². The molecule has 110 valence electrons. The molecular formula is C16H17NO2S2. The molecule has 1 aromatic carbocycles. The molecule has 2 rings (SSSR count). The first-order valence-electron chi connectivity index (χ1n) is 6.62. The summed E-state index contributed by atoms with van der Waals surface area (Å²) >= 11 is 3.19. The van der Waals surface area contributed by atoms with Gasteiger partial charge in [0.15, 0.2) is 5.78 Å². The Morgan fingerprint density at radius 1 is 1.33 bits per heavy atom. The average molecular weight is 319 g/mol. The van der Waals surface area contributed by atoms with Gasteiger partial charge in [-0.05, 0) is 42.3 Å². The number of carbonyl (C=O) groups is 1. The van der Waals surface area contributed by atoms with Crippen molar-refractivity contribution >= 4 is 29.3 Å². The first-order valence-corrected chi connectivity index (χ1v) is 8.83. The number of nitrogens with zero attached hydrogens (tertiary/aromatic N) is 1. The molecule has 0 aliphatic heterocycles. The van der Waals surface area contributed by atoms with E-state index < -0.39 is 0 Å². The van der Waals surface area contributed by atoms with Crippen LogP contribution in [0, 0.1) is 0 Å². The summed E-state index contributed by atoms with van der Waals surface area (Å²) in [7, 11) is 0. The number of thioether (sulfide) groups is 2. The number of aromatic hydroxyl groups is 1. The molecule has 0 unspecified atom stereocenters. The van der Waals surface area contributed by atoms with E-state index >= 15 is 0 Å². The summed E-state index contributed by atoms with van der Waals surface area (Å²) < 4.78 is 0. The van der Waals surface area contributed by atoms with Crippen LogP contribution in [0.4, 0.5) is 0 Å². The second-order valence-corrected chi connectivity index (χ2v) is 6.56. The molecule has 0 atom stereocenters. The third kappa shape index (κ3) is 4.02. The lowest BCUT2D eigenvalue weighted by Crippen LogP contribution is -2.08. The Bertz CT molecular complexity index is 644. The predicted octanol–water partition coefficient (Wildman–Crippen LogP) is 4.05. The van der Waals surface area contributed by atoms with Gasteiger partial charge in [0.25, 0.3) is 0 Å². The highest BCUT2D eigenvalue weighted by Crippen LogP contribution is 2.27. The normalized spacial score (nSPS) is 10.6. The maximum Gasteiger partial charge on any atom is 0.186 e. The molecule has 1 aromatic heterocycles. The molecule has 2 aromatic rings. The Morgan fingerprint density at radius 2 is 2.14 bits per heavy atom. The van der Waals surface area contributed by atoms with Gasteiger partial charge in [0.1, 0.15) is 11.4 Å². The van der Waals surface area contributed by atoms with Gasteiger partial charge in [-0.1, -0.05) is 6.92 Å². The number of benzene rings is 1. The number of ketones is 1. The molecule has 0 spiro atoms. The molecule has 0 saturated carbocycles. The quantitative estimate of drug-likeness (QED) is 0.643. The highest BCUT2D eigenvalue weighted by Gasteiger charge is 2.15. The van der Waals surface area contributed by atoms with Gasteiger partial charge in [0, 0.05) is 28.0 Å². The fourth-order valence-corrected chi connectivity index (χ4v) is 3.21. The van der Waals surface area contributed by atoms with Crippen molar-refractivity contribution in [2.24, 2.45) is 0 Å². The SMILES string of the molecule is CCSc1cccnc1C(=O)Cc1cc(SC)ccc1O. The van der Waals surface area contributed by atoms with Crippen molar-refractivity contribution < 1.29 is 9.90 Å². The monoisotopic (exact) mass is 319 g/mol. The first-order chi connectivity index (χ1) is 10.2. The van der Waals surface area contributed by atoms with E-state index in [2.05, 4.69) is 4.98 Å². The number of phenols is 1. The van der Waals surface area contributed by atoms with E-state index in [1.54, 1.807) is 35.8 Å². The third-order valence-electron chi connectivity index (χ3n) is 2.97. The van der Waals surface area contributed by atoms with Crippen molar-refractivity contribution in [2.45, 2.75) is 23.1 Å². The average Bonchev–Trinajstić information content (AvgIpc) is 2.50. The van der Waals surface area contributed by atoms with E-state index in [4.69, 9.17) is 0 Å². The van der Waals surface area contributed by atoms with Gasteiger partial charge in [0.2, 0.25) is 0 Å². The zero-order valence-electron chi connectivity index (χ0n) is 12.0. The molecule has 1 N–H and O–H groups in total. The number of Topliss-reactive ketones (excluding diaryl/α,β-unsaturated/α-hetero) is 1. The predicted molar refractivity (Wildman–Crippen MR) is 88.6 cm³/mol. The molecule has 0 saturated heterocycles. The number of pyridine rings is 1. The van der Waals surface area contributed by atoms with E-state index in [9.17, 15) is 9.90 Å². The Labute approximate surface area is 133 Å². The van der Waals surface area contributed by atoms with Crippen LogP contribution in [0.3, 0.4) is 0 Å². The zero-order valence-corrected chi connectivity index (χ0v) is 13.6. The van der Waals surface area contributed by atoms with Crippen LogP contribution >= 0.6 is 23.5 Å². The first kappa shape index (κ1) is 15.9. The number of carbonyl (C=O) groups excluding carboxylic acids is 1. The molecule has 5 heteroatoms. The van der Waals surface area contributed by atoms with Gasteiger partial charge < -0.3 is 5.11 Å². The van der Waals surface area contributed by atoms with E-state index in [0.29, 0.717) is 11.3 Å². The summed E-state index contributed by atoms with van der Waals surface area (Å²) in [6.45, 7) is 2.04. The number of aromatic nitrogens is 1. The van der Waals surface area contributed by atoms with E-state index in [0.717, 1.165) is 15.5 Å². The Hall–Kier alpha value is -1.46. The molecule has 0 aliphatic carbocycles. The number of phenolic OH excluding ortho intramolecular Hbond substituents is 1. The smallest absolute Gasteiger partial charge is 0.186 e. The molecule has 0 bridgehead atoms. The lowest BCUT2D eigenvalue weighted by molar-refractivity contribution is 0.0984. The van der Waals surface area contributed by atoms with Crippen molar-refractivity contribution in [1.29, 1.82) is 0 Å². The second-order valence-electron chi connectivity index (χ2n) is 4.38. The molecule has 21 heavy (non-hydrogen) atoms. The lowest BCUT2D eigenvalue weighted by Gasteiger charge is -2.08. The maximum atomic E-state index is 12.5. The van der Waals surface area contributed by atoms with Crippen LogP contribution < -0.4 is 0 Å². The molecule has 3 nitrogen and oxygen atoms in total. The van der Waals surface area contributed by atoms with Crippen LogP contribution in [-0.4, -0.2) is 27.9 Å². The molecule has 1 heterocycles. The zero-order chi connectivity index (χ0) is 15.2. The van der Waals surface area contributed by atoms with Crippen LogP contribution in [0.15, 0.2) is 46.3 Å². The molecule has 0 aliphatic rings. The number of hydrogen-bond acceptors (Lipinski definition) is 5. The topological polar surface area (TPSA) is 50.2 Å². The summed E-state index contributed by atoms with van der Waals surface area (Å²) in [6.07, 6.45) is 3.76. The van der Waals surface area contributed by atoms with E-state index in [-0.39, 0.29) is 18.0 Å². The summed E-state index contributed by atoms with van der Waals surface area (Å²) in [4.78, 5) is 18.6. The van der Waals surface area contributed by atoms with E-state index in [1.807, 2.05) is 37.4 Å². The molecule has 0 amide bonds. The van der Waals surface area contributed by atoms with Gasteiger partial charge in [-0.25, -0.2) is 0 Å². The van der Waals surface area contributed by atoms with Crippen molar-refractivity contribution in [3.63, 3.8) is 0 Å². The number of rotatable bonds is 6. The van der Waals surface area contributed by atoms with Gasteiger partial charge in [-0.15, -0.1) is 23.5 Å². The number of hydrogen-bond donors (Lipinski definition) is 1. The summed E-state index contributed by atoms with van der Waals surface area (Å²) in [5.41, 5.74) is 1.13. The highest BCUT2D eigenvalue weighted by molar-refractivity contribution is 7.99. The lowest BCUT2D eigenvalue weighted by atomic mass is 10.1. The summed E-state index contributed by atoms with van der Waals surface area (Å²) in [6, 6.07) is 9.07. The van der Waals surface area contributed by atoms with Crippen molar-refractivity contribution in [1.82, 2.24) is 4.98 Å². The molecular weight excluding hydrogens is 302 g/mol. The van der Waals surface area contributed by atoms with Crippen LogP contribution in [-0.2, 0) is 6.42 Å². The summed E-state index contributed by atoms with van der Waals surface area (Å²) in [5, 5.41) is 9.91. The van der Waals surface area contributed by atoms with Crippen LogP contribution in [0.1, 0.15) is 23.0 Å². The van der Waals surface area contributed by atoms with Crippen molar-refractivity contribution in [3.05, 3.63) is 47.8 Å². The standard InChI is InChI=1S/C16H17NO2S2/c1-3-21-15-5-4-8-17-16(15)14(19)10-11-9-12(20-2)6-7-13(11)18/h4-9,18H,3,10H2,1-2H3. The minimum absolute atomic E-state index is 0.0693. The minimum atomic E-state index is -0.0693. The molecule has 0 fully saturated rings. The fourth-order valence-electron chi connectivity index (χ4n) is 1.96. The highest BCUT2D eigenvalue weighted by atomic mass is 32.2. The Morgan fingerprint density at radius 3 is 2.86 bits per heavy atom. The van der Waals surface area contributed by atoms with Gasteiger partial charge in [-0.3, -0.25) is 9.78 Å². The van der Waals surface area contributed by atoms with Crippen molar-refractivity contribution in [3.8, 4) is 5.75 Å². The fraction of sp³-hybridized carbons (Fsp3) is 0.250.